The normalized spacial score (nSPS) is 11.9. The highest BCUT2D eigenvalue weighted by atomic mass is 32.1. The van der Waals surface area contributed by atoms with E-state index in [1.807, 2.05) is 40.3 Å². The van der Waals surface area contributed by atoms with Gasteiger partial charge in [-0.3, -0.25) is 4.79 Å². The highest BCUT2D eigenvalue weighted by Crippen LogP contribution is 2.23. The van der Waals surface area contributed by atoms with E-state index >= 15 is 0 Å². The molecule has 0 N–H and O–H groups in total. The highest BCUT2D eigenvalue weighted by Gasteiger charge is 2.07. The van der Waals surface area contributed by atoms with Gasteiger partial charge in [-0.05, 0) is 35.7 Å². The van der Waals surface area contributed by atoms with Gasteiger partial charge in [0, 0.05) is 11.0 Å². The quantitative estimate of drug-likeness (QED) is 0.531. The maximum atomic E-state index is 12.1. The average Bonchev–Trinajstić information content (AvgIpc) is 3.21. The molecule has 0 radical (unpaired) electrons. The molecular weight excluding hydrogens is 340 g/mol. The Morgan fingerprint density at radius 2 is 2.33 bits per heavy atom. The fraction of sp³-hybridized carbons (Fsp3) is 0.111. The van der Waals surface area contributed by atoms with Crippen LogP contribution in [0.5, 0.6) is 5.75 Å². The van der Waals surface area contributed by atoms with Crippen molar-refractivity contribution in [3.63, 3.8) is 0 Å². The van der Waals surface area contributed by atoms with Gasteiger partial charge in [0.1, 0.15) is 5.75 Å². The summed E-state index contributed by atoms with van der Waals surface area (Å²) >= 11 is 2.98. The van der Waals surface area contributed by atoms with Crippen molar-refractivity contribution in [2.45, 2.75) is 6.54 Å². The number of ether oxygens (including phenoxy) is 1. The fourth-order valence-electron chi connectivity index (χ4n) is 2.18. The Bertz CT molecular complexity index is 1000. The van der Waals surface area contributed by atoms with Crippen LogP contribution in [0.25, 0.3) is 16.3 Å². The number of terminal acetylenes is 1. The molecule has 4 nitrogen and oxygen atoms in total. The highest BCUT2D eigenvalue weighted by molar-refractivity contribution is 7.16. The van der Waals surface area contributed by atoms with Crippen LogP contribution in [0.1, 0.15) is 4.88 Å². The topological polar surface area (TPSA) is 43.6 Å². The molecule has 0 saturated heterocycles. The van der Waals surface area contributed by atoms with E-state index in [1.54, 1.807) is 24.5 Å². The Hall–Kier alpha value is -2.62. The number of hydrogen-bond donors (Lipinski definition) is 0. The largest absolute Gasteiger partial charge is 0.497 e. The summed E-state index contributed by atoms with van der Waals surface area (Å²) in [6, 6.07) is 9.58. The van der Waals surface area contributed by atoms with Crippen molar-refractivity contribution in [3.8, 4) is 18.1 Å². The number of fused-ring (bicyclic) bond motifs is 1. The van der Waals surface area contributed by atoms with Gasteiger partial charge in [0.2, 0.25) is 0 Å². The van der Waals surface area contributed by atoms with Gasteiger partial charge in [-0.2, -0.15) is 4.99 Å². The minimum atomic E-state index is -0.312. The number of thiazole rings is 1. The van der Waals surface area contributed by atoms with E-state index in [9.17, 15) is 4.79 Å². The lowest BCUT2D eigenvalue weighted by Crippen LogP contribution is -2.15. The molecule has 3 aromatic rings. The van der Waals surface area contributed by atoms with Crippen molar-refractivity contribution in [3.05, 3.63) is 51.5 Å². The zero-order valence-electron chi connectivity index (χ0n) is 12.9. The lowest BCUT2D eigenvalue weighted by molar-refractivity contribution is -0.113. The third-order valence-corrected chi connectivity index (χ3v) is 5.16. The van der Waals surface area contributed by atoms with E-state index in [1.165, 1.54) is 17.4 Å². The van der Waals surface area contributed by atoms with Crippen molar-refractivity contribution < 1.29 is 9.53 Å². The monoisotopic (exact) mass is 354 g/mol. The molecule has 0 fully saturated rings. The maximum absolute atomic E-state index is 12.1. The number of carbonyl (C=O) groups is 1. The summed E-state index contributed by atoms with van der Waals surface area (Å²) in [5, 5.41) is 1.96. The van der Waals surface area contributed by atoms with Gasteiger partial charge < -0.3 is 9.30 Å². The summed E-state index contributed by atoms with van der Waals surface area (Å²) in [6.07, 6.45) is 8.69. The summed E-state index contributed by atoms with van der Waals surface area (Å²) < 4.78 is 8.07. The summed E-state index contributed by atoms with van der Waals surface area (Å²) in [6.45, 7) is 0.354. The smallest absolute Gasteiger partial charge is 0.272 e. The van der Waals surface area contributed by atoms with Crippen LogP contribution in [0.3, 0.4) is 0 Å². The second kappa shape index (κ2) is 7.30. The number of aromatic nitrogens is 1. The average molecular weight is 354 g/mol. The number of hydrogen-bond acceptors (Lipinski definition) is 4. The van der Waals surface area contributed by atoms with Crippen LogP contribution in [0.2, 0.25) is 0 Å². The second-order valence-electron chi connectivity index (χ2n) is 4.81. The van der Waals surface area contributed by atoms with E-state index in [0.717, 1.165) is 20.8 Å². The van der Waals surface area contributed by atoms with Crippen molar-refractivity contribution in [1.29, 1.82) is 0 Å². The third-order valence-electron chi connectivity index (χ3n) is 3.28. The number of thiophene rings is 1. The Morgan fingerprint density at radius 1 is 1.46 bits per heavy atom. The van der Waals surface area contributed by atoms with Crippen LogP contribution >= 0.6 is 22.7 Å². The molecule has 24 heavy (non-hydrogen) atoms. The Kier molecular flexibility index (Phi) is 4.94. The Morgan fingerprint density at radius 3 is 3.04 bits per heavy atom. The molecule has 2 heterocycles. The van der Waals surface area contributed by atoms with Crippen molar-refractivity contribution in [1.82, 2.24) is 4.57 Å². The van der Waals surface area contributed by atoms with Crippen molar-refractivity contribution in [2.24, 2.45) is 4.99 Å². The first kappa shape index (κ1) is 16.2. The molecule has 0 aliphatic carbocycles. The Balaban J connectivity index is 2.02. The first-order chi connectivity index (χ1) is 11.7. The van der Waals surface area contributed by atoms with Crippen LogP contribution in [-0.4, -0.2) is 17.6 Å². The van der Waals surface area contributed by atoms with Gasteiger partial charge in [-0.25, -0.2) is 0 Å². The second-order valence-corrected chi connectivity index (χ2v) is 6.80. The van der Waals surface area contributed by atoms with Crippen LogP contribution in [-0.2, 0) is 11.3 Å². The first-order valence-electron chi connectivity index (χ1n) is 7.12. The molecule has 2 aromatic heterocycles. The van der Waals surface area contributed by atoms with Gasteiger partial charge in [0.15, 0.2) is 4.80 Å². The molecule has 0 aliphatic rings. The molecular formula is C18H14N2O2S2. The van der Waals surface area contributed by atoms with Crippen molar-refractivity contribution >= 4 is 44.9 Å². The number of nitrogens with zero attached hydrogens (tertiary/aromatic N) is 2. The fourth-order valence-corrected chi connectivity index (χ4v) is 3.86. The molecule has 6 heteroatoms. The van der Waals surface area contributed by atoms with E-state index in [0.29, 0.717) is 11.3 Å². The van der Waals surface area contributed by atoms with Gasteiger partial charge in [0.25, 0.3) is 5.91 Å². The molecule has 0 bridgehead atoms. The van der Waals surface area contributed by atoms with Crippen LogP contribution < -0.4 is 9.54 Å². The minimum Gasteiger partial charge on any atom is -0.497 e. The predicted octanol–water partition coefficient (Wildman–Crippen LogP) is 3.55. The Labute approximate surface area is 147 Å². The summed E-state index contributed by atoms with van der Waals surface area (Å²) in [4.78, 5) is 17.9. The zero-order chi connectivity index (χ0) is 16.9. The number of benzene rings is 1. The van der Waals surface area contributed by atoms with Gasteiger partial charge >= 0.3 is 0 Å². The SMILES string of the molecule is C#CCn1c(=NC(=O)C=Cc2cccs2)sc2cc(OC)ccc21. The number of amides is 1. The minimum absolute atomic E-state index is 0.312. The zero-order valence-corrected chi connectivity index (χ0v) is 14.6. The third kappa shape index (κ3) is 3.48. The van der Waals surface area contributed by atoms with Crippen LogP contribution in [0, 0.1) is 12.3 Å². The molecule has 3 rings (SSSR count). The molecule has 0 spiro atoms. The lowest BCUT2D eigenvalue weighted by atomic mass is 10.3. The summed E-state index contributed by atoms with van der Waals surface area (Å²) in [7, 11) is 1.62. The van der Waals surface area contributed by atoms with E-state index in [-0.39, 0.29) is 5.91 Å². The standard InChI is InChI=1S/C18H14N2O2S2/c1-3-10-20-15-8-6-13(22-2)12-16(15)24-18(20)19-17(21)9-7-14-5-4-11-23-14/h1,4-9,11-12H,10H2,2H3. The molecule has 1 amide bonds. The van der Waals surface area contributed by atoms with E-state index in [4.69, 9.17) is 11.2 Å². The van der Waals surface area contributed by atoms with Crippen LogP contribution in [0.15, 0.2) is 46.8 Å². The molecule has 1 aromatic carbocycles. The molecule has 0 unspecified atom stereocenters. The molecule has 0 aliphatic heterocycles. The number of carbonyl (C=O) groups excluding carboxylic acids is 1. The first-order valence-corrected chi connectivity index (χ1v) is 8.82. The van der Waals surface area contributed by atoms with Gasteiger partial charge in [-0.1, -0.05) is 23.3 Å². The predicted molar refractivity (Wildman–Crippen MR) is 99.1 cm³/mol. The number of methoxy groups -OCH3 is 1. The van der Waals surface area contributed by atoms with Gasteiger partial charge in [0.05, 0.1) is 23.9 Å². The van der Waals surface area contributed by atoms with Crippen molar-refractivity contribution in [2.75, 3.05) is 7.11 Å². The molecule has 120 valence electrons. The molecule has 0 atom stereocenters. The van der Waals surface area contributed by atoms with Crippen LogP contribution in [0.4, 0.5) is 0 Å². The maximum Gasteiger partial charge on any atom is 0.272 e. The lowest BCUT2D eigenvalue weighted by Gasteiger charge is -2.01. The van der Waals surface area contributed by atoms with E-state index < -0.39 is 0 Å². The number of rotatable bonds is 4. The summed E-state index contributed by atoms with van der Waals surface area (Å²) in [5.41, 5.74) is 0.938. The van der Waals surface area contributed by atoms with E-state index in [2.05, 4.69) is 10.9 Å². The van der Waals surface area contributed by atoms with Gasteiger partial charge in [-0.15, -0.1) is 17.8 Å². The molecule has 0 saturated carbocycles. The summed E-state index contributed by atoms with van der Waals surface area (Å²) in [5.74, 6) is 3.05.